The van der Waals surface area contributed by atoms with Gasteiger partial charge in [0.25, 0.3) is 10.0 Å². The van der Waals surface area contributed by atoms with Gasteiger partial charge in [-0.3, -0.25) is 9.52 Å². The second kappa shape index (κ2) is 6.93. The van der Waals surface area contributed by atoms with Gasteiger partial charge in [0.1, 0.15) is 5.75 Å². The number of amides is 1. The van der Waals surface area contributed by atoms with Gasteiger partial charge in [-0.1, -0.05) is 11.6 Å². The van der Waals surface area contributed by atoms with Crippen molar-refractivity contribution in [2.45, 2.75) is 17.7 Å². The Labute approximate surface area is 151 Å². The van der Waals surface area contributed by atoms with Gasteiger partial charge in [0.15, 0.2) is 0 Å². The molecule has 1 aliphatic heterocycles. The zero-order valence-corrected chi connectivity index (χ0v) is 15.1. The SMILES string of the molecule is COc1ccc(S(=O)(=O)Nc2ccc(Cl)cc2)cc1N1CCCC1=O. The van der Waals surface area contributed by atoms with Crippen LogP contribution in [-0.2, 0) is 14.8 Å². The van der Waals surface area contributed by atoms with Crippen molar-refractivity contribution < 1.29 is 17.9 Å². The van der Waals surface area contributed by atoms with Crippen LogP contribution in [0.3, 0.4) is 0 Å². The van der Waals surface area contributed by atoms with Crippen molar-refractivity contribution in [1.29, 1.82) is 0 Å². The van der Waals surface area contributed by atoms with Gasteiger partial charge in [-0.05, 0) is 48.9 Å². The Morgan fingerprint density at radius 2 is 1.88 bits per heavy atom. The van der Waals surface area contributed by atoms with E-state index >= 15 is 0 Å². The van der Waals surface area contributed by atoms with Crippen LogP contribution in [0.1, 0.15) is 12.8 Å². The summed E-state index contributed by atoms with van der Waals surface area (Å²) in [5, 5.41) is 0.516. The third-order valence-corrected chi connectivity index (χ3v) is 5.55. The van der Waals surface area contributed by atoms with Crippen LogP contribution in [0.15, 0.2) is 47.4 Å². The average molecular weight is 381 g/mol. The number of sulfonamides is 1. The van der Waals surface area contributed by atoms with Gasteiger partial charge in [-0.2, -0.15) is 0 Å². The van der Waals surface area contributed by atoms with Gasteiger partial charge in [-0.15, -0.1) is 0 Å². The zero-order chi connectivity index (χ0) is 18.0. The molecule has 1 fully saturated rings. The first-order chi connectivity index (χ1) is 11.9. The molecule has 0 aromatic heterocycles. The fraction of sp³-hybridized carbons (Fsp3) is 0.235. The molecule has 0 bridgehead atoms. The largest absolute Gasteiger partial charge is 0.495 e. The van der Waals surface area contributed by atoms with E-state index in [0.717, 1.165) is 6.42 Å². The van der Waals surface area contributed by atoms with Crippen LogP contribution in [0.2, 0.25) is 5.02 Å². The van der Waals surface area contributed by atoms with Crippen LogP contribution in [0.5, 0.6) is 5.75 Å². The number of ether oxygens (including phenoxy) is 1. The van der Waals surface area contributed by atoms with Crippen LogP contribution in [-0.4, -0.2) is 28.0 Å². The van der Waals surface area contributed by atoms with Gasteiger partial charge < -0.3 is 9.64 Å². The standard InChI is InChI=1S/C17H17ClN2O4S/c1-24-16-9-8-14(11-15(16)20-10-2-3-17(20)21)25(22,23)19-13-6-4-12(18)5-7-13/h4-9,11,19H,2-3,10H2,1H3. The van der Waals surface area contributed by atoms with E-state index in [1.165, 1.54) is 19.2 Å². The minimum Gasteiger partial charge on any atom is -0.495 e. The molecule has 6 nitrogen and oxygen atoms in total. The molecular formula is C17H17ClN2O4S. The Morgan fingerprint density at radius 3 is 2.48 bits per heavy atom. The smallest absolute Gasteiger partial charge is 0.261 e. The van der Waals surface area contributed by atoms with Crippen molar-refractivity contribution >= 4 is 38.9 Å². The van der Waals surface area contributed by atoms with Crippen LogP contribution >= 0.6 is 11.6 Å². The Hall–Kier alpha value is -2.25. The summed E-state index contributed by atoms with van der Waals surface area (Å²) in [5.74, 6) is 0.416. The Bertz CT molecular complexity index is 897. The second-order valence-electron chi connectivity index (χ2n) is 5.59. The topological polar surface area (TPSA) is 75.7 Å². The zero-order valence-electron chi connectivity index (χ0n) is 13.5. The van der Waals surface area contributed by atoms with Gasteiger partial charge in [0.2, 0.25) is 5.91 Å². The maximum Gasteiger partial charge on any atom is 0.261 e. The van der Waals surface area contributed by atoms with Crippen molar-refractivity contribution in [1.82, 2.24) is 0 Å². The third-order valence-electron chi connectivity index (χ3n) is 3.92. The van der Waals surface area contributed by atoms with Gasteiger partial charge >= 0.3 is 0 Å². The fourth-order valence-corrected chi connectivity index (χ4v) is 3.89. The monoisotopic (exact) mass is 380 g/mol. The Kier molecular flexibility index (Phi) is 4.87. The molecule has 1 amide bonds. The molecule has 8 heteroatoms. The lowest BCUT2D eigenvalue weighted by Crippen LogP contribution is -2.24. The average Bonchev–Trinajstić information content (AvgIpc) is 3.02. The van der Waals surface area contributed by atoms with Crippen LogP contribution in [0, 0.1) is 0 Å². The van der Waals surface area contributed by atoms with Crippen LogP contribution in [0.4, 0.5) is 11.4 Å². The van der Waals surface area contributed by atoms with Crippen molar-refractivity contribution in [3.8, 4) is 5.75 Å². The second-order valence-corrected chi connectivity index (χ2v) is 7.71. The lowest BCUT2D eigenvalue weighted by Gasteiger charge is -2.20. The normalized spacial score (nSPS) is 14.6. The summed E-state index contributed by atoms with van der Waals surface area (Å²) < 4.78 is 33.1. The first-order valence-corrected chi connectivity index (χ1v) is 9.53. The highest BCUT2D eigenvalue weighted by Crippen LogP contribution is 2.34. The molecule has 0 aliphatic carbocycles. The van der Waals surface area contributed by atoms with Crippen molar-refractivity contribution in [3.63, 3.8) is 0 Å². The van der Waals surface area contributed by atoms with Crippen molar-refractivity contribution in [2.75, 3.05) is 23.3 Å². The molecule has 0 radical (unpaired) electrons. The van der Waals surface area contributed by atoms with E-state index in [1.54, 1.807) is 35.2 Å². The molecule has 1 N–H and O–H groups in total. The molecule has 1 saturated heterocycles. The van der Waals surface area contributed by atoms with E-state index in [-0.39, 0.29) is 10.8 Å². The number of anilines is 2. The Morgan fingerprint density at radius 1 is 1.16 bits per heavy atom. The fourth-order valence-electron chi connectivity index (χ4n) is 2.68. The maximum atomic E-state index is 12.6. The number of nitrogens with one attached hydrogen (secondary N) is 1. The summed E-state index contributed by atoms with van der Waals surface area (Å²) in [6, 6.07) is 10.8. The summed E-state index contributed by atoms with van der Waals surface area (Å²) in [7, 11) is -2.32. The number of carbonyl (C=O) groups excluding carboxylic acids is 1. The first-order valence-electron chi connectivity index (χ1n) is 7.67. The lowest BCUT2D eigenvalue weighted by molar-refractivity contribution is -0.117. The number of benzene rings is 2. The molecule has 25 heavy (non-hydrogen) atoms. The summed E-state index contributed by atoms with van der Waals surface area (Å²) in [4.78, 5) is 13.6. The van der Waals surface area contributed by atoms with E-state index in [4.69, 9.17) is 16.3 Å². The molecule has 3 rings (SSSR count). The molecule has 2 aromatic carbocycles. The van der Waals surface area contributed by atoms with E-state index in [2.05, 4.69) is 4.72 Å². The summed E-state index contributed by atoms with van der Waals surface area (Å²) >= 11 is 5.81. The third kappa shape index (κ3) is 3.72. The molecular weight excluding hydrogens is 364 g/mol. The first kappa shape index (κ1) is 17.6. The maximum absolute atomic E-state index is 12.6. The van der Waals surface area contributed by atoms with Crippen LogP contribution < -0.4 is 14.4 Å². The van der Waals surface area contributed by atoms with Gasteiger partial charge in [0, 0.05) is 23.7 Å². The highest BCUT2D eigenvalue weighted by atomic mass is 35.5. The number of methoxy groups -OCH3 is 1. The highest BCUT2D eigenvalue weighted by Gasteiger charge is 2.26. The van der Waals surface area contributed by atoms with Gasteiger partial charge in [-0.25, -0.2) is 8.42 Å². The molecule has 1 aliphatic rings. The molecule has 132 valence electrons. The quantitative estimate of drug-likeness (QED) is 0.863. The predicted molar refractivity (Wildman–Crippen MR) is 96.8 cm³/mol. The van der Waals surface area contributed by atoms with E-state index < -0.39 is 10.0 Å². The van der Waals surface area contributed by atoms with Gasteiger partial charge in [0.05, 0.1) is 17.7 Å². The molecule has 0 atom stereocenters. The molecule has 1 heterocycles. The summed E-state index contributed by atoms with van der Waals surface area (Å²) in [5.41, 5.74) is 0.864. The van der Waals surface area contributed by atoms with E-state index in [0.29, 0.717) is 35.1 Å². The number of hydrogen-bond acceptors (Lipinski definition) is 4. The Balaban J connectivity index is 1.95. The van der Waals surface area contributed by atoms with Crippen molar-refractivity contribution in [3.05, 3.63) is 47.5 Å². The number of hydrogen-bond donors (Lipinski definition) is 1. The number of nitrogens with zero attached hydrogens (tertiary/aromatic N) is 1. The molecule has 2 aromatic rings. The molecule has 0 saturated carbocycles. The van der Waals surface area contributed by atoms with Crippen molar-refractivity contribution in [2.24, 2.45) is 0 Å². The summed E-state index contributed by atoms with van der Waals surface area (Å²) in [6.45, 7) is 0.545. The predicted octanol–water partition coefficient (Wildman–Crippen LogP) is 3.28. The van der Waals surface area contributed by atoms with E-state index in [1.807, 2.05) is 0 Å². The summed E-state index contributed by atoms with van der Waals surface area (Å²) in [6.07, 6.45) is 1.19. The van der Waals surface area contributed by atoms with E-state index in [9.17, 15) is 13.2 Å². The molecule has 0 unspecified atom stereocenters. The lowest BCUT2D eigenvalue weighted by atomic mass is 10.2. The molecule has 0 spiro atoms. The number of rotatable bonds is 5. The number of halogens is 1. The highest BCUT2D eigenvalue weighted by molar-refractivity contribution is 7.92. The minimum atomic E-state index is -3.81. The minimum absolute atomic E-state index is 0.0430. The number of carbonyl (C=O) groups is 1. The van der Waals surface area contributed by atoms with Crippen LogP contribution in [0.25, 0.3) is 0 Å².